The van der Waals surface area contributed by atoms with Gasteiger partial charge in [-0.1, -0.05) is 6.92 Å². The van der Waals surface area contributed by atoms with Crippen LogP contribution in [0.5, 0.6) is 0 Å². The molecule has 0 aliphatic rings. The lowest BCUT2D eigenvalue weighted by Crippen LogP contribution is -2.60. The van der Waals surface area contributed by atoms with Crippen LogP contribution in [0.4, 0.5) is 4.79 Å². The molecule has 122 valence electrons. The minimum Gasteiger partial charge on any atom is -0.481 e. The summed E-state index contributed by atoms with van der Waals surface area (Å²) in [6, 6.07) is -0.445. The fourth-order valence-electron chi connectivity index (χ4n) is 1.54. The highest BCUT2D eigenvalue weighted by Gasteiger charge is 2.45. The van der Waals surface area contributed by atoms with Gasteiger partial charge in [0.2, 0.25) is 5.91 Å². The second kappa shape index (κ2) is 7.28. The number of rotatable bonds is 7. The van der Waals surface area contributed by atoms with Crippen molar-refractivity contribution in [3.05, 3.63) is 0 Å². The topological polar surface area (TPSA) is 98.7 Å². The van der Waals surface area contributed by atoms with Gasteiger partial charge in [0.05, 0.1) is 11.0 Å². The first kappa shape index (κ1) is 19.2. The van der Waals surface area contributed by atoms with Crippen molar-refractivity contribution in [1.29, 1.82) is 0 Å². The number of carbonyl (C=O) groups excluding carboxylic acids is 2. The molecule has 7 nitrogen and oxygen atoms in total. The molecule has 0 saturated heterocycles. The average molecular weight is 301 g/mol. The van der Waals surface area contributed by atoms with Gasteiger partial charge in [0.15, 0.2) is 0 Å². The minimum atomic E-state index is -1.15. The number of hydrogen-bond acceptors (Lipinski definition) is 3. The normalized spacial score (nSPS) is 11.7. The maximum atomic E-state index is 12.3. The Labute approximate surface area is 126 Å². The van der Waals surface area contributed by atoms with E-state index in [0.29, 0.717) is 13.0 Å². The van der Waals surface area contributed by atoms with Gasteiger partial charge in [0.1, 0.15) is 6.54 Å². The molecule has 0 spiro atoms. The molecule has 0 rings (SSSR count). The molecule has 0 fully saturated rings. The molecule has 0 aromatic heterocycles. The van der Waals surface area contributed by atoms with Gasteiger partial charge in [0.25, 0.3) is 0 Å². The van der Waals surface area contributed by atoms with Crippen LogP contribution < -0.4 is 10.6 Å². The van der Waals surface area contributed by atoms with E-state index in [1.807, 2.05) is 6.92 Å². The number of carbonyl (C=O) groups is 3. The Bertz CT molecular complexity index is 405. The van der Waals surface area contributed by atoms with E-state index < -0.39 is 23.0 Å². The Morgan fingerprint density at radius 1 is 1.14 bits per heavy atom. The predicted octanol–water partition coefficient (Wildman–Crippen LogP) is 1.04. The van der Waals surface area contributed by atoms with E-state index in [2.05, 4.69) is 10.6 Å². The van der Waals surface area contributed by atoms with E-state index in [1.165, 1.54) is 11.9 Å². The number of nitrogens with one attached hydrogen (secondary N) is 2. The molecule has 0 aliphatic heterocycles. The SMILES string of the molecule is CCCN(CC(=O)NC)C(=O)NC(C)(C)C(C)(C)C(=O)O. The summed E-state index contributed by atoms with van der Waals surface area (Å²) in [5.41, 5.74) is -2.11. The smallest absolute Gasteiger partial charge is 0.318 e. The van der Waals surface area contributed by atoms with Crippen molar-refractivity contribution < 1.29 is 19.5 Å². The lowest BCUT2D eigenvalue weighted by atomic mass is 9.74. The standard InChI is InChI=1S/C14H27N3O4/c1-7-8-17(9-10(18)15-6)12(21)16-14(4,5)13(2,3)11(19)20/h7-9H2,1-6H3,(H,15,18)(H,16,21)(H,19,20). The van der Waals surface area contributed by atoms with Crippen LogP contribution in [0.1, 0.15) is 41.0 Å². The molecule has 0 aliphatic carbocycles. The van der Waals surface area contributed by atoms with Gasteiger partial charge >= 0.3 is 12.0 Å². The molecule has 21 heavy (non-hydrogen) atoms. The van der Waals surface area contributed by atoms with E-state index in [9.17, 15) is 19.5 Å². The van der Waals surface area contributed by atoms with Crippen molar-refractivity contribution in [2.75, 3.05) is 20.1 Å². The monoisotopic (exact) mass is 301 g/mol. The van der Waals surface area contributed by atoms with Crippen LogP contribution in [-0.2, 0) is 9.59 Å². The van der Waals surface area contributed by atoms with Crippen LogP contribution in [0.2, 0.25) is 0 Å². The van der Waals surface area contributed by atoms with Gasteiger partial charge in [-0.3, -0.25) is 9.59 Å². The third-order valence-electron chi connectivity index (χ3n) is 3.91. The first-order chi connectivity index (χ1) is 9.49. The maximum Gasteiger partial charge on any atom is 0.318 e. The number of aliphatic carboxylic acids is 1. The van der Waals surface area contributed by atoms with Crippen molar-refractivity contribution in [2.45, 2.75) is 46.6 Å². The highest BCUT2D eigenvalue weighted by molar-refractivity contribution is 5.85. The molecule has 0 atom stereocenters. The fraction of sp³-hybridized carbons (Fsp3) is 0.786. The Kier molecular flexibility index (Phi) is 6.66. The van der Waals surface area contributed by atoms with Gasteiger partial charge in [-0.25, -0.2) is 4.79 Å². The Balaban J connectivity index is 5.04. The van der Waals surface area contributed by atoms with Gasteiger partial charge in [0, 0.05) is 13.6 Å². The molecule has 0 heterocycles. The summed E-state index contributed by atoms with van der Waals surface area (Å²) >= 11 is 0. The van der Waals surface area contributed by atoms with Crippen LogP contribution in [0.3, 0.4) is 0 Å². The molecule has 0 radical (unpaired) electrons. The van der Waals surface area contributed by atoms with Crippen molar-refractivity contribution in [3.63, 3.8) is 0 Å². The zero-order chi connectivity index (χ0) is 16.8. The summed E-state index contributed by atoms with van der Waals surface area (Å²) in [5.74, 6) is -1.27. The summed E-state index contributed by atoms with van der Waals surface area (Å²) in [5, 5.41) is 14.5. The molecular formula is C14H27N3O4. The first-order valence-electron chi connectivity index (χ1n) is 7.00. The van der Waals surface area contributed by atoms with Gasteiger partial charge in [-0.2, -0.15) is 0 Å². The van der Waals surface area contributed by atoms with E-state index in [0.717, 1.165) is 0 Å². The molecule has 3 N–H and O–H groups in total. The van der Waals surface area contributed by atoms with Crippen molar-refractivity contribution >= 4 is 17.9 Å². The molecule has 0 bridgehead atoms. The number of urea groups is 1. The fourth-order valence-corrected chi connectivity index (χ4v) is 1.54. The first-order valence-corrected chi connectivity index (χ1v) is 7.00. The zero-order valence-electron chi connectivity index (χ0n) is 13.7. The molecule has 0 unspecified atom stereocenters. The largest absolute Gasteiger partial charge is 0.481 e. The average Bonchev–Trinajstić information content (AvgIpc) is 2.36. The van der Waals surface area contributed by atoms with E-state index in [1.54, 1.807) is 27.7 Å². The van der Waals surface area contributed by atoms with Crippen molar-refractivity contribution in [1.82, 2.24) is 15.5 Å². The van der Waals surface area contributed by atoms with Crippen LogP contribution in [0.15, 0.2) is 0 Å². The minimum absolute atomic E-state index is 0.0558. The van der Waals surface area contributed by atoms with Crippen molar-refractivity contribution in [2.24, 2.45) is 5.41 Å². The quantitative estimate of drug-likeness (QED) is 0.654. The highest BCUT2D eigenvalue weighted by atomic mass is 16.4. The third kappa shape index (κ3) is 4.91. The van der Waals surface area contributed by atoms with Crippen LogP contribution in [0.25, 0.3) is 0 Å². The van der Waals surface area contributed by atoms with Crippen LogP contribution in [-0.4, -0.2) is 53.6 Å². The summed E-state index contributed by atoms with van der Waals surface area (Å²) in [6.07, 6.45) is 0.702. The second-order valence-corrected chi connectivity index (χ2v) is 6.08. The van der Waals surface area contributed by atoms with Crippen LogP contribution >= 0.6 is 0 Å². The summed E-state index contributed by atoms with van der Waals surface area (Å²) < 4.78 is 0. The number of likely N-dealkylation sites (N-methyl/N-ethyl adjacent to an activating group) is 1. The molecule has 0 saturated carbocycles. The molecule has 3 amide bonds. The third-order valence-corrected chi connectivity index (χ3v) is 3.91. The predicted molar refractivity (Wildman–Crippen MR) is 80.0 cm³/mol. The lowest BCUT2D eigenvalue weighted by Gasteiger charge is -2.40. The second-order valence-electron chi connectivity index (χ2n) is 6.08. The summed E-state index contributed by atoms with van der Waals surface area (Å²) in [7, 11) is 1.50. The number of amides is 3. The van der Waals surface area contributed by atoms with Gasteiger partial charge in [-0.05, 0) is 34.1 Å². The van der Waals surface area contributed by atoms with Gasteiger partial charge in [-0.15, -0.1) is 0 Å². The number of nitrogens with zero attached hydrogens (tertiary/aromatic N) is 1. The molecule has 7 heteroatoms. The maximum absolute atomic E-state index is 12.3. The number of carboxylic acid groups (broad SMARTS) is 1. The Hall–Kier alpha value is -1.79. The Morgan fingerprint density at radius 3 is 2.05 bits per heavy atom. The van der Waals surface area contributed by atoms with E-state index in [4.69, 9.17) is 0 Å². The zero-order valence-corrected chi connectivity index (χ0v) is 13.7. The summed E-state index contributed by atoms with van der Waals surface area (Å²) in [4.78, 5) is 36.5. The molecule has 0 aromatic rings. The van der Waals surface area contributed by atoms with E-state index >= 15 is 0 Å². The molecule has 0 aromatic carbocycles. The van der Waals surface area contributed by atoms with Gasteiger partial charge < -0.3 is 20.6 Å². The Morgan fingerprint density at radius 2 is 1.67 bits per heavy atom. The summed E-state index contributed by atoms with van der Waals surface area (Å²) in [6.45, 7) is 8.68. The molecular weight excluding hydrogens is 274 g/mol. The van der Waals surface area contributed by atoms with E-state index in [-0.39, 0.29) is 12.5 Å². The highest BCUT2D eigenvalue weighted by Crippen LogP contribution is 2.30. The number of hydrogen-bond donors (Lipinski definition) is 3. The lowest BCUT2D eigenvalue weighted by molar-refractivity contribution is -0.150. The van der Waals surface area contributed by atoms with Crippen LogP contribution in [0, 0.1) is 5.41 Å². The number of carboxylic acids is 1. The van der Waals surface area contributed by atoms with Crippen molar-refractivity contribution in [3.8, 4) is 0 Å².